The van der Waals surface area contributed by atoms with Crippen LogP contribution >= 0.6 is 0 Å². The summed E-state index contributed by atoms with van der Waals surface area (Å²) >= 11 is 0. The van der Waals surface area contributed by atoms with Gasteiger partial charge in [-0.2, -0.15) is 5.26 Å². The first-order valence-electron chi connectivity index (χ1n) is 12.6. The highest BCUT2D eigenvalue weighted by Crippen LogP contribution is 2.41. The first-order chi connectivity index (χ1) is 18.7. The molecule has 0 radical (unpaired) electrons. The average molecular weight is 489 g/mol. The lowest BCUT2D eigenvalue weighted by molar-refractivity contribution is 0.616. The molecule has 3 aromatic heterocycles. The molecule has 5 aromatic carbocycles. The standard InChI is InChI=1S/C34H20N2O2/c1-20-15-23(25-6-4-8-32-33(25)26-5-2-3-7-31(26)38-32)18-28-27-16-21(19-35)9-11-29(27)36(34(20)28)24-10-12-30-22(17-24)13-14-37-30/h2-18H,1H3. The van der Waals surface area contributed by atoms with E-state index in [4.69, 9.17) is 8.83 Å². The summed E-state index contributed by atoms with van der Waals surface area (Å²) in [6.07, 6.45) is 1.72. The first kappa shape index (κ1) is 20.9. The number of nitrogens with zero attached hydrogens (tertiary/aromatic N) is 2. The SMILES string of the molecule is Cc1cc(-c2cccc3oc4ccccc4c23)cc2c3cc(C#N)ccc3n(-c3ccc4occc4c3)c12. The topological polar surface area (TPSA) is 55.0 Å². The van der Waals surface area contributed by atoms with Gasteiger partial charge < -0.3 is 13.4 Å². The van der Waals surface area contributed by atoms with Gasteiger partial charge in [-0.1, -0.05) is 30.3 Å². The maximum Gasteiger partial charge on any atom is 0.136 e. The van der Waals surface area contributed by atoms with Crippen LogP contribution in [0.3, 0.4) is 0 Å². The second-order valence-corrected chi connectivity index (χ2v) is 9.79. The van der Waals surface area contributed by atoms with Gasteiger partial charge in [0, 0.05) is 32.6 Å². The number of para-hydroxylation sites is 1. The van der Waals surface area contributed by atoms with Crippen molar-refractivity contribution in [1.29, 1.82) is 5.26 Å². The molecule has 8 aromatic rings. The summed E-state index contributed by atoms with van der Waals surface area (Å²) in [5, 5.41) is 15.1. The Bertz CT molecular complexity index is 2270. The molecule has 0 bridgehead atoms. The fraction of sp³-hybridized carbons (Fsp3) is 0.0294. The maximum absolute atomic E-state index is 9.69. The van der Waals surface area contributed by atoms with E-state index in [-0.39, 0.29) is 0 Å². The van der Waals surface area contributed by atoms with Crippen molar-refractivity contribution in [2.24, 2.45) is 0 Å². The van der Waals surface area contributed by atoms with Crippen LogP contribution in [0.1, 0.15) is 11.1 Å². The Kier molecular flexibility index (Phi) is 4.18. The number of furan rings is 2. The normalized spacial score (nSPS) is 11.8. The largest absolute Gasteiger partial charge is 0.464 e. The number of hydrogen-bond acceptors (Lipinski definition) is 3. The van der Waals surface area contributed by atoms with E-state index in [1.807, 2.05) is 42.5 Å². The Hall–Kier alpha value is -5.27. The Balaban J connectivity index is 1.48. The van der Waals surface area contributed by atoms with Crippen LogP contribution in [-0.2, 0) is 0 Å². The highest BCUT2D eigenvalue weighted by Gasteiger charge is 2.19. The predicted molar refractivity (Wildman–Crippen MR) is 153 cm³/mol. The number of benzene rings is 5. The molecular weight excluding hydrogens is 468 g/mol. The zero-order valence-corrected chi connectivity index (χ0v) is 20.5. The number of hydrogen-bond donors (Lipinski definition) is 0. The average Bonchev–Trinajstić information content (AvgIpc) is 3.66. The van der Waals surface area contributed by atoms with Crippen molar-refractivity contribution in [2.75, 3.05) is 0 Å². The van der Waals surface area contributed by atoms with E-state index in [9.17, 15) is 5.26 Å². The van der Waals surface area contributed by atoms with Crippen molar-refractivity contribution in [2.45, 2.75) is 6.92 Å². The monoisotopic (exact) mass is 488 g/mol. The van der Waals surface area contributed by atoms with Gasteiger partial charge in [0.1, 0.15) is 16.7 Å². The van der Waals surface area contributed by atoms with Crippen molar-refractivity contribution < 1.29 is 8.83 Å². The molecule has 0 atom stereocenters. The van der Waals surface area contributed by atoms with Crippen LogP contribution in [0.4, 0.5) is 0 Å². The zero-order chi connectivity index (χ0) is 25.4. The van der Waals surface area contributed by atoms with Gasteiger partial charge in [-0.25, -0.2) is 0 Å². The van der Waals surface area contributed by atoms with E-state index in [1.165, 1.54) is 0 Å². The predicted octanol–water partition coefficient (Wildman–Crippen LogP) is 9.28. The molecule has 3 heterocycles. The van der Waals surface area contributed by atoms with Gasteiger partial charge in [-0.3, -0.25) is 0 Å². The van der Waals surface area contributed by atoms with Crippen LogP contribution < -0.4 is 0 Å². The van der Waals surface area contributed by atoms with Gasteiger partial charge in [0.05, 0.1) is 28.9 Å². The molecule has 4 nitrogen and oxygen atoms in total. The van der Waals surface area contributed by atoms with Gasteiger partial charge in [-0.05, 0) is 90.3 Å². The van der Waals surface area contributed by atoms with E-state index in [0.29, 0.717) is 5.56 Å². The molecule has 0 unspecified atom stereocenters. The molecule has 4 heteroatoms. The molecule has 0 aliphatic heterocycles. The summed E-state index contributed by atoms with van der Waals surface area (Å²) in [4.78, 5) is 0. The second-order valence-electron chi connectivity index (χ2n) is 9.79. The van der Waals surface area contributed by atoms with Crippen molar-refractivity contribution in [1.82, 2.24) is 4.57 Å². The number of aryl methyl sites for hydroxylation is 1. The van der Waals surface area contributed by atoms with Gasteiger partial charge >= 0.3 is 0 Å². The van der Waals surface area contributed by atoms with E-state index < -0.39 is 0 Å². The molecule has 178 valence electrons. The van der Waals surface area contributed by atoms with Crippen molar-refractivity contribution >= 4 is 54.7 Å². The van der Waals surface area contributed by atoms with E-state index in [0.717, 1.165) is 77.1 Å². The summed E-state index contributed by atoms with van der Waals surface area (Å²) in [5.74, 6) is 0. The lowest BCUT2D eigenvalue weighted by Gasteiger charge is -2.12. The molecule has 0 aliphatic rings. The minimum absolute atomic E-state index is 0.646. The van der Waals surface area contributed by atoms with Crippen LogP contribution in [0.15, 0.2) is 112 Å². The molecule has 0 saturated heterocycles. The van der Waals surface area contributed by atoms with Crippen molar-refractivity contribution in [3.05, 3.63) is 114 Å². The lowest BCUT2D eigenvalue weighted by Crippen LogP contribution is -1.95. The van der Waals surface area contributed by atoms with Crippen LogP contribution in [0, 0.1) is 18.3 Å². The Morgan fingerprint density at radius 2 is 1.63 bits per heavy atom. The highest BCUT2D eigenvalue weighted by atomic mass is 16.3. The van der Waals surface area contributed by atoms with Gasteiger partial charge in [0.15, 0.2) is 0 Å². The molecule has 8 rings (SSSR count). The summed E-state index contributed by atoms with van der Waals surface area (Å²) in [5.41, 5.74) is 9.94. The summed E-state index contributed by atoms with van der Waals surface area (Å²) in [6.45, 7) is 2.16. The summed E-state index contributed by atoms with van der Waals surface area (Å²) in [7, 11) is 0. The minimum atomic E-state index is 0.646. The fourth-order valence-electron chi connectivity index (χ4n) is 5.95. The molecule has 0 N–H and O–H groups in total. The minimum Gasteiger partial charge on any atom is -0.464 e. The van der Waals surface area contributed by atoms with E-state index in [2.05, 4.69) is 72.2 Å². The third kappa shape index (κ3) is 2.84. The molecule has 0 aliphatic carbocycles. The summed E-state index contributed by atoms with van der Waals surface area (Å²) < 4.78 is 14.1. The maximum atomic E-state index is 9.69. The Morgan fingerprint density at radius 3 is 2.55 bits per heavy atom. The zero-order valence-electron chi connectivity index (χ0n) is 20.5. The van der Waals surface area contributed by atoms with Crippen LogP contribution in [0.2, 0.25) is 0 Å². The van der Waals surface area contributed by atoms with Crippen LogP contribution in [-0.4, -0.2) is 4.57 Å². The van der Waals surface area contributed by atoms with Crippen molar-refractivity contribution in [3.63, 3.8) is 0 Å². The first-order valence-corrected chi connectivity index (χ1v) is 12.6. The molecule has 0 saturated carbocycles. The molecule has 0 fully saturated rings. The van der Waals surface area contributed by atoms with Gasteiger partial charge in [0.25, 0.3) is 0 Å². The third-order valence-electron chi connectivity index (χ3n) is 7.59. The fourth-order valence-corrected chi connectivity index (χ4v) is 5.95. The highest BCUT2D eigenvalue weighted by molar-refractivity contribution is 6.16. The molecular formula is C34H20N2O2. The second kappa shape index (κ2) is 7.61. The lowest BCUT2D eigenvalue weighted by atomic mass is 9.96. The van der Waals surface area contributed by atoms with Gasteiger partial charge in [0.2, 0.25) is 0 Å². The Morgan fingerprint density at radius 1 is 0.737 bits per heavy atom. The number of nitriles is 1. The van der Waals surface area contributed by atoms with Crippen LogP contribution in [0.25, 0.3) is 71.5 Å². The molecule has 38 heavy (non-hydrogen) atoms. The number of fused-ring (bicyclic) bond motifs is 7. The van der Waals surface area contributed by atoms with Crippen LogP contribution in [0.5, 0.6) is 0 Å². The third-order valence-corrected chi connectivity index (χ3v) is 7.59. The number of aromatic nitrogens is 1. The molecule has 0 amide bonds. The quantitative estimate of drug-likeness (QED) is 0.244. The van der Waals surface area contributed by atoms with Crippen molar-refractivity contribution in [3.8, 4) is 22.9 Å². The molecule has 0 spiro atoms. The van der Waals surface area contributed by atoms with E-state index >= 15 is 0 Å². The Labute approximate surface area is 217 Å². The van der Waals surface area contributed by atoms with Gasteiger partial charge in [-0.15, -0.1) is 0 Å². The number of rotatable bonds is 2. The summed E-state index contributed by atoms with van der Waals surface area (Å²) in [6, 6.07) is 35.5. The van der Waals surface area contributed by atoms with E-state index in [1.54, 1.807) is 6.26 Å². The smallest absolute Gasteiger partial charge is 0.136 e.